The molecule has 0 radical (unpaired) electrons. The number of hydrogen-bond acceptors (Lipinski definition) is 1. The molecule has 1 aliphatic heterocycles. The molecular weight excluding hydrogens is 152 g/mol. The van der Waals surface area contributed by atoms with Crippen LogP contribution >= 0.6 is 11.8 Å². The summed E-state index contributed by atoms with van der Waals surface area (Å²) in [5.74, 6) is 1.21. The number of fused-ring (bicyclic) bond motifs is 1. The van der Waals surface area contributed by atoms with E-state index in [4.69, 9.17) is 0 Å². The highest BCUT2D eigenvalue weighted by atomic mass is 32.2. The first-order valence-corrected chi connectivity index (χ1v) is 5.03. The molecular formula is C10H12S. The monoisotopic (exact) mass is 164 g/mol. The van der Waals surface area contributed by atoms with Crippen molar-refractivity contribution in [2.75, 3.05) is 0 Å². The van der Waals surface area contributed by atoms with Crippen molar-refractivity contribution in [1.29, 1.82) is 0 Å². The van der Waals surface area contributed by atoms with Crippen LogP contribution in [0.2, 0.25) is 0 Å². The van der Waals surface area contributed by atoms with Gasteiger partial charge in [-0.3, -0.25) is 0 Å². The molecule has 0 aromatic heterocycles. The summed E-state index contributed by atoms with van der Waals surface area (Å²) in [6, 6.07) is 6.79. The number of thioether (sulfide) groups is 1. The van der Waals surface area contributed by atoms with Crippen LogP contribution in [0.1, 0.15) is 28.9 Å². The Morgan fingerprint density at radius 1 is 1.45 bits per heavy atom. The minimum Gasteiger partial charge on any atom is -0.149 e. The van der Waals surface area contributed by atoms with Crippen LogP contribution in [0.4, 0.5) is 0 Å². The zero-order chi connectivity index (χ0) is 7.84. The second-order valence-corrected chi connectivity index (χ2v) is 4.48. The molecule has 58 valence electrons. The highest BCUT2D eigenvalue weighted by Gasteiger charge is 2.17. The lowest BCUT2D eigenvalue weighted by Gasteiger charge is -2.02. The van der Waals surface area contributed by atoms with Crippen molar-refractivity contribution in [1.82, 2.24) is 0 Å². The largest absolute Gasteiger partial charge is 0.149 e. The van der Waals surface area contributed by atoms with Gasteiger partial charge in [-0.05, 0) is 25.0 Å². The maximum absolute atomic E-state index is 2.31. The summed E-state index contributed by atoms with van der Waals surface area (Å²) in [4.78, 5) is 0. The van der Waals surface area contributed by atoms with E-state index in [9.17, 15) is 0 Å². The van der Waals surface area contributed by atoms with Gasteiger partial charge < -0.3 is 0 Å². The van der Waals surface area contributed by atoms with E-state index in [1.165, 1.54) is 11.3 Å². The van der Waals surface area contributed by atoms with Crippen molar-refractivity contribution in [3.05, 3.63) is 34.9 Å². The molecule has 0 unspecified atom stereocenters. The summed E-state index contributed by atoms with van der Waals surface area (Å²) >= 11 is 2.03. The maximum Gasteiger partial charge on any atom is 0.0275 e. The van der Waals surface area contributed by atoms with Gasteiger partial charge in [0.15, 0.2) is 0 Å². The zero-order valence-corrected chi connectivity index (χ0v) is 7.74. The van der Waals surface area contributed by atoms with Gasteiger partial charge in [-0.2, -0.15) is 0 Å². The summed E-state index contributed by atoms with van der Waals surface area (Å²) in [6.45, 7) is 4.44. The van der Waals surface area contributed by atoms with Gasteiger partial charge in [-0.15, -0.1) is 11.8 Å². The summed E-state index contributed by atoms with van der Waals surface area (Å²) in [6.07, 6.45) is 0. The van der Waals surface area contributed by atoms with E-state index in [1.807, 2.05) is 11.8 Å². The highest BCUT2D eigenvalue weighted by Crippen LogP contribution is 2.41. The molecule has 1 atom stereocenters. The smallest absolute Gasteiger partial charge is 0.0275 e. The van der Waals surface area contributed by atoms with Crippen LogP contribution in [0.25, 0.3) is 0 Å². The van der Waals surface area contributed by atoms with Crippen LogP contribution in [0.3, 0.4) is 0 Å². The second-order valence-electron chi connectivity index (χ2n) is 3.16. The van der Waals surface area contributed by atoms with Crippen molar-refractivity contribution in [2.24, 2.45) is 0 Å². The Labute approximate surface area is 72.0 Å². The SMILES string of the molecule is Cc1ccc2c(c1)CS[C@@H]2C. The Hall–Kier alpha value is -0.430. The lowest BCUT2D eigenvalue weighted by molar-refractivity contribution is 1.11. The summed E-state index contributed by atoms with van der Waals surface area (Å²) in [5.41, 5.74) is 4.47. The van der Waals surface area contributed by atoms with Crippen molar-refractivity contribution in [2.45, 2.75) is 24.9 Å². The molecule has 0 spiro atoms. The van der Waals surface area contributed by atoms with Gasteiger partial charge in [0.25, 0.3) is 0 Å². The quantitative estimate of drug-likeness (QED) is 0.567. The van der Waals surface area contributed by atoms with E-state index >= 15 is 0 Å². The maximum atomic E-state index is 2.31. The molecule has 0 saturated carbocycles. The van der Waals surface area contributed by atoms with Gasteiger partial charge in [0.1, 0.15) is 0 Å². The van der Waals surface area contributed by atoms with Gasteiger partial charge in [0.05, 0.1) is 0 Å². The van der Waals surface area contributed by atoms with Crippen LogP contribution in [0.15, 0.2) is 18.2 Å². The van der Waals surface area contributed by atoms with Crippen LogP contribution in [-0.2, 0) is 5.75 Å². The summed E-state index contributed by atoms with van der Waals surface area (Å²) in [5, 5.41) is 0.714. The molecule has 0 nitrogen and oxygen atoms in total. The molecule has 0 bridgehead atoms. The Morgan fingerprint density at radius 3 is 3.09 bits per heavy atom. The Balaban J connectivity index is 2.50. The van der Waals surface area contributed by atoms with Crippen molar-refractivity contribution >= 4 is 11.8 Å². The first-order chi connectivity index (χ1) is 5.27. The first kappa shape index (κ1) is 7.23. The Bertz CT molecular complexity index is 278. The standard InChI is InChI=1S/C10H12S/c1-7-3-4-10-8(2)11-6-9(10)5-7/h3-5,8H,6H2,1-2H3/t8-/m1/s1. The fourth-order valence-corrected chi connectivity index (χ4v) is 2.65. The van der Waals surface area contributed by atoms with Crippen molar-refractivity contribution < 1.29 is 0 Å². The predicted octanol–water partition coefficient (Wildman–Crippen LogP) is 3.30. The number of rotatable bonds is 0. The van der Waals surface area contributed by atoms with E-state index in [0.717, 1.165) is 0 Å². The van der Waals surface area contributed by atoms with Crippen LogP contribution in [0, 0.1) is 6.92 Å². The van der Waals surface area contributed by atoms with Gasteiger partial charge in [-0.25, -0.2) is 0 Å². The normalized spacial score (nSPS) is 21.8. The number of benzene rings is 1. The second kappa shape index (κ2) is 2.56. The van der Waals surface area contributed by atoms with Gasteiger partial charge in [0, 0.05) is 11.0 Å². The lowest BCUT2D eigenvalue weighted by Crippen LogP contribution is -1.85. The molecule has 1 heterocycles. The third-order valence-electron chi connectivity index (χ3n) is 2.23. The number of hydrogen-bond donors (Lipinski definition) is 0. The molecule has 0 saturated heterocycles. The van der Waals surface area contributed by atoms with Crippen molar-refractivity contribution in [3.63, 3.8) is 0 Å². The highest BCUT2D eigenvalue weighted by molar-refractivity contribution is 7.99. The molecule has 0 aliphatic carbocycles. The minimum atomic E-state index is 0.714. The van der Waals surface area contributed by atoms with Gasteiger partial charge in [0.2, 0.25) is 0 Å². The average molecular weight is 164 g/mol. The Morgan fingerprint density at radius 2 is 2.27 bits per heavy atom. The molecule has 11 heavy (non-hydrogen) atoms. The van der Waals surface area contributed by atoms with Crippen LogP contribution < -0.4 is 0 Å². The summed E-state index contributed by atoms with van der Waals surface area (Å²) in [7, 11) is 0. The lowest BCUT2D eigenvalue weighted by atomic mass is 10.0. The van der Waals surface area contributed by atoms with E-state index < -0.39 is 0 Å². The average Bonchev–Trinajstić information content (AvgIpc) is 2.32. The van der Waals surface area contributed by atoms with E-state index in [1.54, 1.807) is 11.1 Å². The van der Waals surface area contributed by atoms with E-state index in [2.05, 4.69) is 32.0 Å². The molecule has 0 N–H and O–H groups in total. The van der Waals surface area contributed by atoms with Crippen LogP contribution in [-0.4, -0.2) is 0 Å². The van der Waals surface area contributed by atoms with Crippen molar-refractivity contribution in [3.8, 4) is 0 Å². The molecule has 1 aliphatic rings. The van der Waals surface area contributed by atoms with E-state index in [0.29, 0.717) is 5.25 Å². The molecule has 0 fully saturated rings. The third-order valence-corrected chi connectivity index (χ3v) is 3.46. The van der Waals surface area contributed by atoms with Gasteiger partial charge in [-0.1, -0.05) is 23.8 Å². The molecule has 1 heteroatoms. The molecule has 0 amide bonds. The predicted molar refractivity (Wildman–Crippen MR) is 50.9 cm³/mol. The minimum absolute atomic E-state index is 0.714. The fourth-order valence-electron chi connectivity index (χ4n) is 1.56. The third kappa shape index (κ3) is 1.18. The number of aryl methyl sites for hydroxylation is 1. The topological polar surface area (TPSA) is 0 Å². The summed E-state index contributed by atoms with van der Waals surface area (Å²) < 4.78 is 0. The van der Waals surface area contributed by atoms with Crippen LogP contribution in [0.5, 0.6) is 0 Å². The Kier molecular flexibility index (Phi) is 1.68. The molecule has 1 aromatic rings. The first-order valence-electron chi connectivity index (χ1n) is 3.98. The molecule has 2 rings (SSSR count). The fraction of sp³-hybridized carbons (Fsp3) is 0.400. The van der Waals surface area contributed by atoms with Gasteiger partial charge >= 0.3 is 0 Å². The molecule has 1 aromatic carbocycles. The zero-order valence-electron chi connectivity index (χ0n) is 6.92. The van der Waals surface area contributed by atoms with E-state index in [-0.39, 0.29) is 0 Å².